The molecule has 0 bridgehead atoms. The molecule has 0 spiro atoms. The zero-order valence-corrected chi connectivity index (χ0v) is 16.1. The molecule has 7 heteroatoms. The van der Waals surface area contributed by atoms with Gasteiger partial charge in [-0.2, -0.15) is 4.31 Å². The Bertz CT molecular complexity index is 850. The van der Waals surface area contributed by atoms with Crippen molar-refractivity contribution >= 4 is 21.4 Å². The summed E-state index contributed by atoms with van der Waals surface area (Å²) >= 11 is 1.68. The second-order valence-electron chi connectivity index (χ2n) is 7.16. The van der Waals surface area contributed by atoms with E-state index < -0.39 is 10.0 Å². The molecule has 2 saturated heterocycles. The first-order valence-electron chi connectivity index (χ1n) is 8.57. The Labute approximate surface area is 153 Å². The normalized spacial score (nSPS) is 27.7. The highest BCUT2D eigenvalue weighted by Gasteiger charge is 2.50. The number of thiazole rings is 1. The molecule has 2 aliphatic heterocycles. The van der Waals surface area contributed by atoms with E-state index in [0.29, 0.717) is 18.4 Å². The minimum absolute atomic E-state index is 0.0524. The van der Waals surface area contributed by atoms with E-state index in [1.54, 1.807) is 15.6 Å². The van der Waals surface area contributed by atoms with Gasteiger partial charge in [-0.05, 0) is 24.3 Å². The maximum atomic E-state index is 12.3. The number of fused-ring (bicyclic) bond motifs is 1. The van der Waals surface area contributed by atoms with E-state index in [-0.39, 0.29) is 6.04 Å². The van der Waals surface area contributed by atoms with Gasteiger partial charge in [-0.1, -0.05) is 30.3 Å². The highest BCUT2D eigenvalue weighted by Crippen LogP contribution is 2.46. The van der Waals surface area contributed by atoms with Gasteiger partial charge < -0.3 is 0 Å². The SMILES string of the molecule is Cc1nc(CN2C[C@@H]3CN(S(C)(=O)=O)[C@@H](c4ccccc4)[C@@H]3C2)cs1. The summed E-state index contributed by atoms with van der Waals surface area (Å²) in [5.41, 5.74) is 2.23. The third kappa shape index (κ3) is 3.38. The van der Waals surface area contributed by atoms with E-state index in [0.717, 1.165) is 35.9 Å². The Morgan fingerprint density at radius 1 is 1.20 bits per heavy atom. The van der Waals surface area contributed by atoms with Gasteiger partial charge in [0.25, 0.3) is 0 Å². The first-order valence-corrected chi connectivity index (χ1v) is 11.3. The average Bonchev–Trinajstić information content (AvgIpc) is 3.22. The Morgan fingerprint density at radius 3 is 2.60 bits per heavy atom. The molecule has 0 aliphatic carbocycles. The minimum Gasteiger partial charge on any atom is -0.297 e. The van der Waals surface area contributed by atoms with Crippen LogP contribution in [-0.4, -0.2) is 48.5 Å². The van der Waals surface area contributed by atoms with Crippen LogP contribution in [0.15, 0.2) is 35.7 Å². The summed E-state index contributed by atoms with van der Waals surface area (Å²) < 4.78 is 26.4. The van der Waals surface area contributed by atoms with Crippen LogP contribution >= 0.6 is 11.3 Å². The molecule has 3 heterocycles. The van der Waals surface area contributed by atoms with E-state index in [2.05, 4.69) is 27.4 Å². The van der Waals surface area contributed by atoms with E-state index in [9.17, 15) is 8.42 Å². The van der Waals surface area contributed by atoms with Gasteiger partial charge in [-0.3, -0.25) is 4.90 Å². The number of nitrogens with zero attached hydrogens (tertiary/aromatic N) is 3. The lowest BCUT2D eigenvalue weighted by Crippen LogP contribution is -2.35. The second-order valence-corrected chi connectivity index (χ2v) is 10.2. The Kier molecular flexibility index (Phi) is 4.43. The summed E-state index contributed by atoms with van der Waals surface area (Å²) in [5.74, 6) is 0.733. The molecular weight excluding hydrogens is 354 g/mol. The van der Waals surface area contributed by atoms with Gasteiger partial charge >= 0.3 is 0 Å². The molecular formula is C18H23N3O2S2. The van der Waals surface area contributed by atoms with Crippen LogP contribution in [0.1, 0.15) is 22.3 Å². The fourth-order valence-corrected chi connectivity index (χ4v) is 6.10. The molecule has 4 rings (SSSR count). The summed E-state index contributed by atoms with van der Waals surface area (Å²) in [6.45, 7) is 5.37. The van der Waals surface area contributed by atoms with Gasteiger partial charge in [0.15, 0.2) is 0 Å². The second kappa shape index (κ2) is 6.46. The van der Waals surface area contributed by atoms with Crippen LogP contribution in [0.25, 0.3) is 0 Å². The monoisotopic (exact) mass is 377 g/mol. The number of benzene rings is 1. The van der Waals surface area contributed by atoms with E-state index in [1.807, 2.05) is 25.1 Å². The van der Waals surface area contributed by atoms with Gasteiger partial charge in [-0.25, -0.2) is 13.4 Å². The molecule has 3 atom stereocenters. The van der Waals surface area contributed by atoms with Crippen molar-refractivity contribution in [2.45, 2.75) is 19.5 Å². The Morgan fingerprint density at radius 2 is 1.96 bits per heavy atom. The summed E-state index contributed by atoms with van der Waals surface area (Å²) in [5, 5.41) is 3.22. The number of sulfonamides is 1. The number of likely N-dealkylation sites (tertiary alicyclic amines) is 1. The van der Waals surface area contributed by atoms with Gasteiger partial charge in [0, 0.05) is 31.6 Å². The molecule has 1 aromatic heterocycles. The molecule has 2 fully saturated rings. The average molecular weight is 378 g/mol. The molecule has 0 saturated carbocycles. The summed E-state index contributed by atoms with van der Waals surface area (Å²) in [6, 6.07) is 10.0. The van der Waals surface area contributed by atoms with Crippen LogP contribution in [0.3, 0.4) is 0 Å². The Balaban J connectivity index is 1.57. The lowest BCUT2D eigenvalue weighted by atomic mass is 9.90. The molecule has 0 unspecified atom stereocenters. The zero-order valence-electron chi connectivity index (χ0n) is 14.5. The van der Waals surface area contributed by atoms with Crippen LogP contribution < -0.4 is 0 Å². The van der Waals surface area contributed by atoms with Crippen molar-refractivity contribution in [1.82, 2.24) is 14.2 Å². The van der Waals surface area contributed by atoms with Crippen molar-refractivity contribution in [3.63, 3.8) is 0 Å². The topological polar surface area (TPSA) is 53.5 Å². The van der Waals surface area contributed by atoms with Crippen LogP contribution in [0.4, 0.5) is 0 Å². The van der Waals surface area contributed by atoms with Gasteiger partial charge in [0.1, 0.15) is 0 Å². The predicted molar refractivity (Wildman–Crippen MR) is 99.8 cm³/mol. The lowest BCUT2D eigenvalue weighted by molar-refractivity contribution is 0.259. The summed E-state index contributed by atoms with van der Waals surface area (Å²) in [4.78, 5) is 7.00. The van der Waals surface area contributed by atoms with Crippen LogP contribution in [0, 0.1) is 18.8 Å². The van der Waals surface area contributed by atoms with E-state index in [1.165, 1.54) is 6.26 Å². The smallest absolute Gasteiger partial charge is 0.211 e. The number of aromatic nitrogens is 1. The van der Waals surface area contributed by atoms with Gasteiger partial charge in [0.2, 0.25) is 10.0 Å². The zero-order chi connectivity index (χ0) is 17.6. The van der Waals surface area contributed by atoms with Crippen LogP contribution in [-0.2, 0) is 16.6 Å². The first kappa shape index (κ1) is 17.1. The standard InChI is InChI=1S/C18H23N3O2S2/c1-13-19-16(12-24-13)10-20-8-15-9-21(25(2,22)23)18(17(15)11-20)14-6-4-3-5-7-14/h3-7,12,15,17-18H,8-11H2,1-2H3/t15-,17-,18+/m1/s1. The predicted octanol–water partition coefficient (Wildman–Crippen LogP) is 2.52. The van der Waals surface area contributed by atoms with E-state index >= 15 is 0 Å². The number of aryl methyl sites for hydroxylation is 1. The minimum atomic E-state index is -3.21. The van der Waals surface area contributed by atoms with Crippen molar-refractivity contribution in [2.24, 2.45) is 11.8 Å². The van der Waals surface area contributed by atoms with Crippen molar-refractivity contribution in [3.8, 4) is 0 Å². The fraction of sp³-hybridized carbons (Fsp3) is 0.500. The molecule has 0 amide bonds. The van der Waals surface area contributed by atoms with Crippen molar-refractivity contribution in [1.29, 1.82) is 0 Å². The molecule has 0 radical (unpaired) electrons. The van der Waals surface area contributed by atoms with Crippen molar-refractivity contribution < 1.29 is 8.42 Å². The van der Waals surface area contributed by atoms with Crippen molar-refractivity contribution in [2.75, 3.05) is 25.9 Å². The maximum Gasteiger partial charge on any atom is 0.211 e. The summed E-state index contributed by atoms with van der Waals surface area (Å²) in [7, 11) is -3.21. The number of hydrogen-bond acceptors (Lipinski definition) is 5. The lowest BCUT2D eigenvalue weighted by Gasteiger charge is -2.28. The molecule has 1 aromatic carbocycles. The molecule has 2 aromatic rings. The van der Waals surface area contributed by atoms with Gasteiger partial charge in [0.05, 0.1) is 23.0 Å². The Hall–Kier alpha value is -1.28. The van der Waals surface area contributed by atoms with Crippen molar-refractivity contribution in [3.05, 3.63) is 52.0 Å². The number of rotatable bonds is 4. The molecule has 134 valence electrons. The molecule has 0 N–H and O–H groups in total. The summed E-state index contributed by atoms with van der Waals surface area (Å²) in [6.07, 6.45) is 1.33. The largest absolute Gasteiger partial charge is 0.297 e. The number of hydrogen-bond donors (Lipinski definition) is 0. The fourth-order valence-electron chi connectivity index (χ4n) is 4.34. The van der Waals surface area contributed by atoms with Crippen LogP contribution in [0.5, 0.6) is 0 Å². The maximum absolute atomic E-state index is 12.3. The highest BCUT2D eigenvalue weighted by atomic mass is 32.2. The quantitative estimate of drug-likeness (QED) is 0.822. The molecule has 2 aliphatic rings. The third-order valence-corrected chi connectivity index (χ3v) is 7.37. The first-order chi connectivity index (χ1) is 11.9. The molecule has 5 nitrogen and oxygen atoms in total. The van der Waals surface area contributed by atoms with Gasteiger partial charge in [-0.15, -0.1) is 11.3 Å². The third-order valence-electron chi connectivity index (χ3n) is 5.32. The highest BCUT2D eigenvalue weighted by molar-refractivity contribution is 7.88. The molecule has 25 heavy (non-hydrogen) atoms. The van der Waals surface area contributed by atoms with Crippen LogP contribution in [0.2, 0.25) is 0 Å². The van der Waals surface area contributed by atoms with E-state index in [4.69, 9.17) is 0 Å².